The predicted molar refractivity (Wildman–Crippen MR) is 78.7 cm³/mol. The lowest BCUT2D eigenvalue weighted by Gasteiger charge is -2.24. The summed E-state index contributed by atoms with van der Waals surface area (Å²) in [6.07, 6.45) is 7.74. The number of amides is 3. The maximum atomic E-state index is 12.2. The third kappa shape index (κ3) is 3.56. The quantitative estimate of drug-likeness (QED) is 0.847. The van der Waals surface area contributed by atoms with Crippen molar-refractivity contribution in [2.24, 2.45) is 0 Å². The van der Waals surface area contributed by atoms with Gasteiger partial charge in [0.25, 0.3) is 0 Å². The third-order valence-electron chi connectivity index (χ3n) is 4.05. The first-order chi connectivity index (χ1) is 10.2. The molecule has 1 saturated heterocycles. The average Bonchev–Trinajstić information content (AvgIpc) is 2.97. The molecule has 1 atom stereocenters. The zero-order chi connectivity index (χ0) is 14.7. The Balaban J connectivity index is 1.46. The minimum atomic E-state index is -0.294. The fourth-order valence-electron chi connectivity index (χ4n) is 2.72. The molecule has 2 aliphatic rings. The molecule has 3 amide bonds. The molecule has 2 heterocycles. The van der Waals surface area contributed by atoms with Gasteiger partial charge < -0.3 is 20.1 Å². The van der Waals surface area contributed by atoms with Crippen LogP contribution < -0.4 is 10.6 Å². The SMILES string of the molecule is O=C(NC1CC1)C1CCCN1C(=O)NCCn1cccc1. The lowest BCUT2D eigenvalue weighted by molar-refractivity contribution is -0.124. The maximum Gasteiger partial charge on any atom is 0.318 e. The summed E-state index contributed by atoms with van der Waals surface area (Å²) in [6.45, 7) is 1.98. The summed E-state index contributed by atoms with van der Waals surface area (Å²) in [5, 5.41) is 5.90. The van der Waals surface area contributed by atoms with Crippen molar-refractivity contribution in [3.8, 4) is 0 Å². The van der Waals surface area contributed by atoms with Gasteiger partial charge in [-0.05, 0) is 37.8 Å². The molecule has 0 bridgehead atoms. The van der Waals surface area contributed by atoms with Crippen LogP contribution in [0.1, 0.15) is 25.7 Å². The number of rotatable bonds is 5. The highest BCUT2D eigenvalue weighted by Crippen LogP contribution is 2.22. The molecule has 0 spiro atoms. The van der Waals surface area contributed by atoms with E-state index in [9.17, 15) is 9.59 Å². The molecule has 0 radical (unpaired) electrons. The molecule has 1 aromatic rings. The van der Waals surface area contributed by atoms with Crippen LogP contribution in [0.5, 0.6) is 0 Å². The van der Waals surface area contributed by atoms with Crippen LogP contribution in [0.2, 0.25) is 0 Å². The standard InChI is InChI=1S/C15H22N4O2/c20-14(17-12-5-6-12)13-4-3-10-19(13)15(21)16-7-11-18-8-1-2-9-18/h1-2,8-9,12-13H,3-7,10-11H2,(H,16,21)(H,17,20). The van der Waals surface area contributed by atoms with Crippen LogP contribution in [0, 0.1) is 0 Å². The topological polar surface area (TPSA) is 66.4 Å². The molecular formula is C15H22N4O2. The Hall–Kier alpha value is -1.98. The molecule has 1 aliphatic carbocycles. The predicted octanol–water partition coefficient (Wildman–Crippen LogP) is 0.941. The highest BCUT2D eigenvalue weighted by molar-refractivity contribution is 5.88. The molecule has 2 fully saturated rings. The molecule has 6 nitrogen and oxygen atoms in total. The van der Waals surface area contributed by atoms with Gasteiger partial charge >= 0.3 is 6.03 Å². The van der Waals surface area contributed by atoms with E-state index in [2.05, 4.69) is 10.6 Å². The van der Waals surface area contributed by atoms with Crippen molar-refractivity contribution in [1.29, 1.82) is 0 Å². The second-order valence-electron chi connectivity index (χ2n) is 5.79. The number of aromatic nitrogens is 1. The molecule has 21 heavy (non-hydrogen) atoms. The van der Waals surface area contributed by atoms with E-state index in [-0.39, 0.29) is 18.0 Å². The summed E-state index contributed by atoms with van der Waals surface area (Å²) < 4.78 is 2.02. The molecule has 1 aromatic heterocycles. The number of nitrogens with zero attached hydrogens (tertiary/aromatic N) is 2. The first-order valence-electron chi connectivity index (χ1n) is 7.69. The van der Waals surface area contributed by atoms with Gasteiger partial charge in [-0.25, -0.2) is 4.79 Å². The van der Waals surface area contributed by atoms with Crippen LogP contribution in [0.15, 0.2) is 24.5 Å². The highest BCUT2D eigenvalue weighted by atomic mass is 16.2. The van der Waals surface area contributed by atoms with E-state index in [1.807, 2.05) is 29.1 Å². The van der Waals surface area contributed by atoms with Crippen molar-refractivity contribution in [1.82, 2.24) is 20.1 Å². The largest absolute Gasteiger partial charge is 0.353 e. The van der Waals surface area contributed by atoms with Gasteiger partial charge in [0.15, 0.2) is 0 Å². The Morgan fingerprint density at radius 3 is 2.62 bits per heavy atom. The number of likely N-dealkylation sites (tertiary alicyclic amines) is 1. The molecule has 1 aliphatic heterocycles. The summed E-state index contributed by atoms with van der Waals surface area (Å²) in [7, 11) is 0. The van der Waals surface area contributed by atoms with Gasteiger partial charge in [-0.15, -0.1) is 0 Å². The van der Waals surface area contributed by atoms with E-state index in [1.165, 1.54) is 0 Å². The monoisotopic (exact) mass is 290 g/mol. The molecule has 0 aromatic carbocycles. The van der Waals surface area contributed by atoms with Crippen molar-refractivity contribution in [2.75, 3.05) is 13.1 Å². The van der Waals surface area contributed by atoms with Gasteiger partial charge in [0.1, 0.15) is 6.04 Å². The van der Waals surface area contributed by atoms with Crippen molar-refractivity contribution >= 4 is 11.9 Å². The molecule has 2 N–H and O–H groups in total. The lowest BCUT2D eigenvalue weighted by atomic mass is 10.2. The van der Waals surface area contributed by atoms with Crippen LogP contribution in [-0.2, 0) is 11.3 Å². The molecule has 114 valence electrons. The maximum absolute atomic E-state index is 12.2. The molecule has 1 unspecified atom stereocenters. The van der Waals surface area contributed by atoms with Crippen molar-refractivity contribution in [2.45, 2.75) is 44.3 Å². The second kappa shape index (κ2) is 6.20. The number of carbonyl (C=O) groups excluding carboxylic acids is 2. The number of hydrogen-bond acceptors (Lipinski definition) is 2. The first-order valence-corrected chi connectivity index (χ1v) is 7.69. The summed E-state index contributed by atoms with van der Waals surface area (Å²) in [6, 6.07) is 3.84. The molecule has 3 rings (SSSR count). The van der Waals surface area contributed by atoms with E-state index in [0.29, 0.717) is 19.1 Å². The fraction of sp³-hybridized carbons (Fsp3) is 0.600. The minimum Gasteiger partial charge on any atom is -0.353 e. The van der Waals surface area contributed by atoms with Crippen LogP contribution >= 0.6 is 0 Å². The van der Waals surface area contributed by atoms with Gasteiger partial charge in [-0.3, -0.25) is 4.79 Å². The summed E-state index contributed by atoms with van der Waals surface area (Å²) >= 11 is 0. The third-order valence-corrected chi connectivity index (χ3v) is 4.05. The smallest absolute Gasteiger partial charge is 0.318 e. The van der Waals surface area contributed by atoms with E-state index >= 15 is 0 Å². The van der Waals surface area contributed by atoms with Crippen molar-refractivity contribution < 1.29 is 9.59 Å². The van der Waals surface area contributed by atoms with Crippen LogP contribution in [-0.4, -0.2) is 46.6 Å². The van der Waals surface area contributed by atoms with Crippen LogP contribution in [0.4, 0.5) is 4.79 Å². The Morgan fingerprint density at radius 1 is 1.14 bits per heavy atom. The number of carbonyl (C=O) groups is 2. The molecule has 1 saturated carbocycles. The molecule has 6 heteroatoms. The molecular weight excluding hydrogens is 268 g/mol. The van der Waals surface area contributed by atoms with Crippen molar-refractivity contribution in [3.05, 3.63) is 24.5 Å². The van der Waals surface area contributed by atoms with E-state index in [1.54, 1.807) is 4.90 Å². The normalized spacial score (nSPS) is 21.3. The van der Waals surface area contributed by atoms with E-state index in [4.69, 9.17) is 0 Å². The Bertz CT molecular complexity index is 496. The van der Waals surface area contributed by atoms with Gasteiger partial charge in [-0.1, -0.05) is 0 Å². The number of hydrogen-bond donors (Lipinski definition) is 2. The zero-order valence-corrected chi connectivity index (χ0v) is 12.1. The Morgan fingerprint density at radius 2 is 1.90 bits per heavy atom. The number of urea groups is 1. The summed E-state index contributed by atoms with van der Waals surface area (Å²) in [5.74, 6) is 0.00978. The Labute approximate surface area is 124 Å². The second-order valence-corrected chi connectivity index (χ2v) is 5.79. The van der Waals surface area contributed by atoms with Crippen LogP contribution in [0.25, 0.3) is 0 Å². The van der Waals surface area contributed by atoms with E-state index < -0.39 is 0 Å². The van der Waals surface area contributed by atoms with Gasteiger partial charge in [0.2, 0.25) is 5.91 Å². The fourth-order valence-corrected chi connectivity index (χ4v) is 2.72. The van der Waals surface area contributed by atoms with Gasteiger partial charge in [0.05, 0.1) is 0 Å². The number of nitrogens with one attached hydrogen (secondary N) is 2. The van der Waals surface area contributed by atoms with Crippen molar-refractivity contribution in [3.63, 3.8) is 0 Å². The van der Waals surface area contributed by atoms with Crippen LogP contribution in [0.3, 0.4) is 0 Å². The summed E-state index contributed by atoms with van der Waals surface area (Å²) in [4.78, 5) is 26.0. The minimum absolute atomic E-state index is 0.00978. The lowest BCUT2D eigenvalue weighted by Crippen LogP contribution is -2.50. The van der Waals surface area contributed by atoms with Gasteiger partial charge in [0, 0.05) is 38.1 Å². The highest BCUT2D eigenvalue weighted by Gasteiger charge is 2.36. The zero-order valence-electron chi connectivity index (χ0n) is 12.1. The van der Waals surface area contributed by atoms with Gasteiger partial charge in [-0.2, -0.15) is 0 Å². The van der Waals surface area contributed by atoms with E-state index in [0.717, 1.165) is 32.2 Å². The first kappa shape index (κ1) is 14.0. The Kier molecular flexibility index (Phi) is 4.13. The summed E-state index contributed by atoms with van der Waals surface area (Å²) in [5.41, 5.74) is 0. The average molecular weight is 290 g/mol.